The van der Waals surface area contributed by atoms with Crippen molar-refractivity contribution in [2.75, 3.05) is 50.8 Å². The van der Waals surface area contributed by atoms with Gasteiger partial charge in [-0.05, 0) is 43.7 Å². The van der Waals surface area contributed by atoms with Gasteiger partial charge < -0.3 is 9.64 Å². The lowest BCUT2D eigenvalue weighted by molar-refractivity contribution is 0.0296. The molecule has 0 amide bonds. The van der Waals surface area contributed by atoms with E-state index in [4.69, 9.17) is 9.72 Å². The minimum atomic E-state index is 0.749. The van der Waals surface area contributed by atoms with Crippen LogP contribution in [-0.4, -0.2) is 55.8 Å². The fourth-order valence-electron chi connectivity index (χ4n) is 4.44. The maximum atomic E-state index is 5.50. The molecule has 0 spiro atoms. The first kappa shape index (κ1) is 16.8. The van der Waals surface area contributed by atoms with Crippen LogP contribution in [0.3, 0.4) is 0 Å². The molecule has 2 fully saturated rings. The number of nitrogens with zero attached hydrogens (tertiary/aromatic N) is 3. The molecular weight excluding hydrogens is 310 g/mol. The van der Waals surface area contributed by atoms with Gasteiger partial charge in [-0.25, -0.2) is 0 Å². The Labute approximate surface area is 150 Å². The van der Waals surface area contributed by atoms with Crippen LogP contribution < -0.4 is 4.90 Å². The van der Waals surface area contributed by atoms with Crippen LogP contribution in [0.5, 0.6) is 0 Å². The predicted octanol–water partition coefficient (Wildman–Crippen LogP) is 3.40. The molecule has 1 atom stereocenters. The molecule has 4 heteroatoms. The van der Waals surface area contributed by atoms with E-state index >= 15 is 0 Å². The van der Waals surface area contributed by atoms with Gasteiger partial charge in [-0.15, -0.1) is 0 Å². The molecule has 2 saturated heterocycles. The van der Waals surface area contributed by atoms with Gasteiger partial charge in [0.15, 0.2) is 0 Å². The fourth-order valence-corrected chi connectivity index (χ4v) is 4.44. The summed E-state index contributed by atoms with van der Waals surface area (Å²) in [5.41, 5.74) is 5.12. The molecule has 2 aliphatic heterocycles. The van der Waals surface area contributed by atoms with E-state index < -0.39 is 0 Å². The Bertz CT molecular complexity index is 739. The van der Waals surface area contributed by atoms with Gasteiger partial charge in [0.25, 0.3) is 0 Å². The summed E-state index contributed by atoms with van der Waals surface area (Å²) >= 11 is 0. The molecule has 4 rings (SSSR count). The molecule has 0 saturated carbocycles. The van der Waals surface area contributed by atoms with E-state index in [0.717, 1.165) is 50.8 Å². The summed E-state index contributed by atoms with van der Waals surface area (Å²) < 4.78 is 5.50. The summed E-state index contributed by atoms with van der Waals surface area (Å²) in [7, 11) is 0. The maximum absolute atomic E-state index is 5.50. The Kier molecular flexibility index (Phi) is 4.91. The Morgan fingerprint density at radius 1 is 1.12 bits per heavy atom. The molecule has 25 heavy (non-hydrogen) atoms. The Morgan fingerprint density at radius 2 is 1.96 bits per heavy atom. The van der Waals surface area contributed by atoms with Crippen molar-refractivity contribution in [3.05, 3.63) is 35.5 Å². The zero-order chi connectivity index (χ0) is 17.2. The topological polar surface area (TPSA) is 28.6 Å². The molecular formula is C21H29N3O. The lowest BCUT2D eigenvalue weighted by Crippen LogP contribution is -2.44. The first-order chi connectivity index (χ1) is 12.2. The predicted molar refractivity (Wildman–Crippen MR) is 103 cm³/mol. The molecule has 3 heterocycles. The lowest BCUT2D eigenvalue weighted by Gasteiger charge is -2.38. The number of rotatable bonds is 3. The average Bonchev–Trinajstić information content (AvgIpc) is 2.63. The monoisotopic (exact) mass is 339 g/mol. The number of aryl methyl sites for hydroxylation is 2. The standard InChI is InChI=1S/C21H29N3O/c1-16-5-3-7-19-20(16)22-13-17(2)21(19)24-8-4-6-18(15-24)14-23-9-11-25-12-10-23/h3,5,7,13,18H,4,6,8-12,14-15H2,1-2H3/t18-/m1/s1. The molecule has 1 aromatic heterocycles. The highest BCUT2D eigenvalue weighted by atomic mass is 16.5. The van der Waals surface area contributed by atoms with Crippen LogP contribution in [0.15, 0.2) is 24.4 Å². The van der Waals surface area contributed by atoms with Crippen molar-refractivity contribution in [1.82, 2.24) is 9.88 Å². The van der Waals surface area contributed by atoms with Crippen LogP contribution in [0.4, 0.5) is 5.69 Å². The van der Waals surface area contributed by atoms with Gasteiger partial charge in [-0.1, -0.05) is 18.2 Å². The fraction of sp³-hybridized carbons (Fsp3) is 0.571. The van der Waals surface area contributed by atoms with E-state index in [1.54, 1.807) is 0 Å². The summed E-state index contributed by atoms with van der Waals surface area (Å²) in [5, 5.41) is 1.31. The number of fused-ring (bicyclic) bond motifs is 1. The number of hydrogen-bond donors (Lipinski definition) is 0. The molecule has 0 radical (unpaired) electrons. The lowest BCUT2D eigenvalue weighted by atomic mass is 9.95. The zero-order valence-electron chi connectivity index (χ0n) is 15.5. The van der Waals surface area contributed by atoms with Gasteiger partial charge in [0.2, 0.25) is 0 Å². The third kappa shape index (κ3) is 3.51. The van der Waals surface area contributed by atoms with Crippen molar-refractivity contribution in [2.45, 2.75) is 26.7 Å². The SMILES string of the molecule is Cc1cnc2c(C)cccc2c1N1CCC[C@H](CN2CCOCC2)C1. The van der Waals surface area contributed by atoms with Crippen molar-refractivity contribution < 1.29 is 4.74 Å². The first-order valence-corrected chi connectivity index (χ1v) is 9.62. The van der Waals surface area contributed by atoms with E-state index in [9.17, 15) is 0 Å². The highest BCUT2D eigenvalue weighted by Crippen LogP contribution is 2.33. The van der Waals surface area contributed by atoms with Crippen LogP contribution in [0.1, 0.15) is 24.0 Å². The van der Waals surface area contributed by atoms with E-state index in [1.165, 1.54) is 41.6 Å². The zero-order valence-corrected chi connectivity index (χ0v) is 15.5. The smallest absolute Gasteiger partial charge is 0.0752 e. The molecule has 134 valence electrons. The van der Waals surface area contributed by atoms with Gasteiger partial charge in [-0.2, -0.15) is 0 Å². The van der Waals surface area contributed by atoms with Crippen LogP contribution in [0.25, 0.3) is 10.9 Å². The Morgan fingerprint density at radius 3 is 2.80 bits per heavy atom. The number of morpholine rings is 1. The molecule has 0 unspecified atom stereocenters. The van der Waals surface area contributed by atoms with E-state index in [2.05, 4.69) is 48.0 Å². The van der Waals surface area contributed by atoms with Crippen LogP contribution in [0, 0.1) is 19.8 Å². The van der Waals surface area contributed by atoms with Crippen LogP contribution in [0.2, 0.25) is 0 Å². The van der Waals surface area contributed by atoms with Crippen LogP contribution in [-0.2, 0) is 4.74 Å². The molecule has 0 bridgehead atoms. The van der Waals surface area contributed by atoms with Crippen LogP contribution >= 0.6 is 0 Å². The third-order valence-corrected chi connectivity index (χ3v) is 5.71. The quantitative estimate of drug-likeness (QED) is 0.857. The summed E-state index contributed by atoms with van der Waals surface area (Å²) in [6, 6.07) is 6.56. The number of hydrogen-bond acceptors (Lipinski definition) is 4. The van der Waals surface area contributed by atoms with Gasteiger partial charge in [0.05, 0.1) is 24.4 Å². The van der Waals surface area contributed by atoms with E-state index in [-0.39, 0.29) is 0 Å². The van der Waals surface area contributed by atoms with Gasteiger partial charge in [0, 0.05) is 44.3 Å². The Balaban J connectivity index is 1.58. The van der Waals surface area contributed by atoms with Crippen molar-refractivity contribution in [3.63, 3.8) is 0 Å². The number of piperidine rings is 1. The number of anilines is 1. The maximum Gasteiger partial charge on any atom is 0.0752 e. The minimum Gasteiger partial charge on any atom is -0.379 e. The molecule has 4 nitrogen and oxygen atoms in total. The molecule has 0 N–H and O–H groups in total. The normalized spacial score (nSPS) is 22.5. The number of pyridine rings is 1. The summed E-state index contributed by atoms with van der Waals surface area (Å²) in [6.45, 7) is 11.9. The molecule has 2 aliphatic rings. The molecule has 1 aromatic carbocycles. The van der Waals surface area contributed by atoms with E-state index in [0.29, 0.717) is 0 Å². The average molecular weight is 339 g/mol. The van der Waals surface area contributed by atoms with Gasteiger partial charge in [-0.3, -0.25) is 9.88 Å². The number of ether oxygens (including phenoxy) is 1. The number of aromatic nitrogens is 1. The largest absolute Gasteiger partial charge is 0.379 e. The molecule has 0 aliphatic carbocycles. The van der Waals surface area contributed by atoms with Crippen molar-refractivity contribution in [1.29, 1.82) is 0 Å². The summed E-state index contributed by atoms with van der Waals surface area (Å²) in [6.07, 6.45) is 4.68. The van der Waals surface area contributed by atoms with Gasteiger partial charge >= 0.3 is 0 Å². The first-order valence-electron chi connectivity index (χ1n) is 9.62. The molecule has 2 aromatic rings. The highest BCUT2D eigenvalue weighted by molar-refractivity contribution is 5.95. The van der Waals surface area contributed by atoms with Crippen molar-refractivity contribution >= 4 is 16.6 Å². The van der Waals surface area contributed by atoms with Gasteiger partial charge in [0.1, 0.15) is 0 Å². The number of benzene rings is 1. The third-order valence-electron chi connectivity index (χ3n) is 5.71. The van der Waals surface area contributed by atoms with E-state index in [1.807, 2.05) is 0 Å². The summed E-state index contributed by atoms with van der Waals surface area (Å²) in [5.74, 6) is 0.749. The summed E-state index contributed by atoms with van der Waals surface area (Å²) in [4.78, 5) is 9.90. The second-order valence-corrected chi connectivity index (χ2v) is 7.63. The second kappa shape index (κ2) is 7.30. The second-order valence-electron chi connectivity index (χ2n) is 7.63. The number of para-hydroxylation sites is 1. The van der Waals surface area contributed by atoms with Crippen molar-refractivity contribution in [2.24, 2.45) is 5.92 Å². The highest BCUT2D eigenvalue weighted by Gasteiger charge is 2.25. The Hall–Kier alpha value is -1.65. The van der Waals surface area contributed by atoms with Crippen molar-refractivity contribution in [3.8, 4) is 0 Å². The minimum absolute atomic E-state index is 0.749.